The van der Waals surface area contributed by atoms with Crippen LogP contribution in [0.15, 0.2) is 28.9 Å². The molecule has 1 atom stereocenters. The molecule has 6 heteroatoms. The fourth-order valence-electron chi connectivity index (χ4n) is 2.51. The Kier molecular flexibility index (Phi) is 3.67. The van der Waals surface area contributed by atoms with Gasteiger partial charge in [0.15, 0.2) is 11.5 Å². The summed E-state index contributed by atoms with van der Waals surface area (Å²) in [7, 11) is 3.85. The summed E-state index contributed by atoms with van der Waals surface area (Å²) in [6.45, 7) is 1.17. The molecule has 1 aromatic heterocycles. The highest BCUT2D eigenvalue weighted by molar-refractivity contribution is 9.10. The summed E-state index contributed by atoms with van der Waals surface area (Å²) >= 11 is 3.56. The molecule has 3 rings (SSSR count). The van der Waals surface area contributed by atoms with Gasteiger partial charge in [-0.15, -0.1) is 0 Å². The molecule has 20 heavy (non-hydrogen) atoms. The van der Waals surface area contributed by atoms with E-state index in [-0.39, 0.29) is 6.04 Å². The summed E-state index contributed by atoms with van der Waals surface area (Å²) in [6.07, 6.45) is 1.80. The Hall–Kier alpha value is -1.53. The lowest BCUT2D eigenvalue weighted by atomic mass is 10.0. The number of nitrogens with zero attached hydrogens (tertiary/aromatic N) is 2. The maximum absolute atomic E-state index is 5.81. The molecule has 2 heterocycles. The predicted molar refractivity (Wildman–Crippen MR) is 79.2 cm³/mol. The molecule has 0 saturated heterocycles. The van der Waals surface area contributed by atoms with Gasteiger partial charge < -0.3 is 14.8 Å². The smallest absolute Gasteiger partial charge is 0.166 e. The number of aryl methyl sites for hydroxylation is 1. The van der Waals surface area contributed by atoms with Crippen LogP contribution in [-0.4, -0.2) is 30.0 Å². The summed E-state index contributed by atoms with van der Waals surface area (Å²) < 4.78 is 14.3. The quantitative estimate of drug-likeness (QED) is 0.933. The van der Waals surface area contributed by atoms with Gasteiger partial charge in [0.25, 0.3) is 0 Å². The van der Waals surface area contributed by atoms with Crippen molar-refractivity contribution < 1.29 is 9.47 Å². The zero-order valence-electron chi connectivity index (χ0n) is 11.4. The highest BCUT2D eigenvalue weighted by Crippen LogP contribution is 2.40. The predicted octanol–water partition coefficient (Wildman–Crippen LogP) is 2.26. The first-order valence-electron chi connectivity index (χ1n) is 6.45. The molecule has 0 saturated carbocycles. The van der Waals surface area contributed by atoms with Crippen molar-refractivity contribution in [2.75, 3.05) is 20.3 Å². The van der Waals surface area contributed by atoms with Gasteiger partial charge in [-0.25, -0.2) is 0 Å². The van der Waals surface area contributed by atoms with Crippen LogP contribution >= 0.6 is 15.9 Å². The van der Waals surface area contributed by atoms with Crippen LogP contribution in [0.25, 0.3) is 0 Å². The van der Waals surface area contributed by atoms with Crippen LogP contribution in [0.5, 0.6) is 11.5 Å². The van der Waals surface area contributed by atoms with Crippen LogP contribution < -0.4 is 14.8 Å². The van der Waals surface area contributed by atoms with Crippen LogP contribution in [0.2, 0.25) is 0 Å². The second-order valence-electron chi connectivity index (χ2n) is 4.59. The second kappa shape index (κ2) is 5.46. The number of nitrogens with one attached hydrogen (secondary N) is 1. The van der Waals surface area contributed by atoms with Crippen molar-refractivity contribution in [1.29, 1.82) is 0 Å². The molecule has 0 radical (unpaired) electrons. The lowest BCUT2D eigenvalue weighted by Crippen LogP contribution is -2.24. The van der Waals surface area contributed by atoms with Crippen LogP contribution in [0.4, 0.5) is 0 Å². The molecule has 1 N–H and O–H groups in total. The molecule has 1 aromatic carbocycles. The van der Waals surface area contributed by atoms with Gasteiger partial charge in [0, 0.05) is 12.6 Å². The Morgan fingerprint density at radius 3 is 2.85 bits per heavy atom. The van der Waals surface area contributed by atoms with E-state index in [9.17, 15) is 0 Å². The van der Waals surface area contributed by atoms with Gasteiger partial charge in [-0.1, -0.05) is 12.1 Å². The van der Waals surface area contributed by atoms with Gasteiger partial charge in [-0.2, -0.15) is 5.10 Å². The van der Waals surface area contributed by atoms with E-state index in [0.717, 1.165) is 27.2 Å². The minimum atomic E-state index is -0.0199. The first kappa shape index (κ1) is 13.5. The summed E-state index contributed by atoms with van der Waals surface area (Å²) in [5, 5.41) is 7.61. The number of halogens is 1. The van der Waals surface area contributed by atoms with Crippen LogP contribution in [0.3, 0.4) is 0 Å². The lowest BCUT2D eigenvalue weighted by molar-refractivity contribution is 0.169. The monoisotopic (exact) mass is 337 g/mol. The Labute approximate surface area is 126 Å². The van der Waals surface area contributed by atoms with Crippen LogP contribution in [-0.2, 0) is 7.05 Å². The molecular weight excluding hydrogens is 322 g/mol. The van der Waals surface area contributed by atoms with Gasteiger partial charge in [-0.3, -0.25) is 4.68 Å². The van der Waals surface area contributed by atoms with Crippen LogP contribution in [0, 0.1) is 0 Å². The van der Waals surface area contributed by atoms with Crippen molar-refractivity contribution in [3.63, 3.8) is 0 Å². The summed E-state index contributed by atoms with van der Waals surface area (Å²) in [4.78, 5) is 0. The number of rotatable bonds is 3. The minimum absolute atomic E-state index is 0.0199. The molecule has 1 aliphatic heterocycles. The van der Waals surface area contributed by atoms with E-state index in [1.165, 1.54) is 0 Å². The summed E-state index contributed by atoms with van der Waals surface area (Å²) in [5.74, 6) is 1.61. The van der Waals surface area contributed by atoms with E-state index in [1.54, 1.807) is 6.20 Å². The van der Waals surface area contributed by atoms with Crippen molar-refractivity contribution in [2.45, 2.75) is 6.04 Å². The average Bonchev–Trinajstić information content (AvgIpc) is 2.81. The normalized spacial score (nSPS) is 15.2. The molecule has 5 nitrogen and oxygen atoms in total. The van der Waals surface area contributed by atoms with Gasteiger partial charge in [0.05, 0.1) is 22.4 Å². The first-order chi connectivity index (χ1) is 9.72. The number of para-hydroxylation sites is 1. The average molecular weight is 338 g/mol. The largest absolute Gasteiger partial charge is 0.486 e. The third-order valence-corrected chi connectivity index (χ3v) is 4.02. The standard InChI is InChI=1S/C14H16BrN3O2/c1-16-12(13-10(15)8-17-18(13)2)9-4-3-5-11-14(9)20-7-6-19-11/h3-5,8,12,16H,6-7H2,1-2H3. The molecule has 2 aromatic rings. The minimum Gasteiger partial charge on any atom is -0.486 e. The number of hydrogen-bond donors (Lipinski definition) is 1. The fourth-order valence-corrected chi connectivity index (χ4v) is 3.09. The van der Waals surface area contributed by atoms with Crippen molar-refractivity contribution in [2.24, 2.45) is 7.05 Å². The van der Waals surface area contributed by atoms with E-state index in [1.807, 2.05) is 37.0 Å². The Morgan fingerprint density at radius 1 is 1.35 bits per heavy atom. The third kappa shape index (κ3) is 2.19. The number of fused-ring (bicyclic) bond motifs is 1. The Balaban J connectivity index is 2.11. The zero-order chi connectivity index (χ0) is 14.1. The maximum Gasteiger partial charge on any atom is 0.166 e. The Bertz CT molecular complexity index is 607. The molecule has 0 aliphatic carbocycles. The molecule has 0 fully saturated rings. The number of aromatic nitrogens is 2. The summed E-state index contributed by atoms with van der Waals surface area (Å²) in [6, 6.07) is 5.95. The molecule has 1 aliphatic rings. The maximum atomic E-state index is 5.81. The second-order valence-corrected chi connectivity index (χ2v) is 5.45. The topological polar surface area (TPSA) is 48.3 Å². The van der Waals surface area contributed by atoms with E-state index in [4.69, 9.17) is 9.47 Å². The van der Waals surface area contributed by atoms with E-state index < -0.39 is 0 Å². The first-order valence-corrected chi connectivity index (χ1v) is 7.25. The van der Waals surface area contributed by atoms with Crippen LogP contribution in [0.1, 0.15) is 17.3 Å². The van der Waals surface area contributed by atoms with Gasteiger partial charge in [-0.05, 0) is 29.0 Å². The number of ether oxygens (including phenoxy) is 2. The zero-order valence-corrected chi connectivity index (χ0v) is 13.0. The van der Waals surface area contributed by atoms with E-state index in [2.05, 4.69) is 26.3 Å². The van der Waals surface area contributed by atoms with Crippen molar-refractivity contribution >= 4 is 15.9 Å². The van der Waals surface area contributed by atoms with E-state index in [0.29, 0.717) is 13.2 Å². The van der Waals surface area contributed by atoms with Crippen molar-refractivity contribution in [3.8, 4) is 11.5 Å². The molecule has 0 bridgehead atoms. The highest BCUT2D eigenvalue weighted by atomic mass is 79.9. The van der Waals surface area contributed by atoms with Gasteiger partial charge in [0.2, 0.25) is 0 Å². The fraction of sp³-hybridized carbons (Fsp3) is 0.357. The molecule has 1 unspecified atom stereocenters. The highest BCUT2D eigenvalue weighted by Gasteiger charge is 2.25. The number of benzene rings is 1. The molecule has 106 valence electrons. The molecular formula is C14H16BrN3O2. The number of hydrogen-bond acceptors (Lipinski definition) is 4. The van der Waals surface area contributed by atoms with Crippen molar-refractivity contribution in [3.05, 3.63) is 40.1 Å². The Morgan fingerprint density at radius 2 is 2.15 bits per heavy atom. The van der Waals surface area contributed by atoms with E-state index >= 15 is 0 Å². The molecule has 0 spiro atoms. The summed E-state index contributed by atoms with van der Waals surface area (Å²) in [5.41, 5.74) is 2.10. The van der Waals surface area contributed by atoms with Crippen molar-refractivity contribution in [1.82, 2.24) is 15.1 Å². The SMILES string of the molecule is CNC(c1cccc2c1OCCO2)c1c(Br)cnn1C. The van der Waals surface area contributed by atoms with Gasteiger partial charge >= 0.3 is 0 Å². The third-order valence-electron chi connectivity index (χ3n) is 3.41. The lowest BCUT2D eigenvalue weighted by Gasteiger charge is -2.25. The molecule has 0 amide bonds. The van der Waals surface area contributed by atoms with Gasteiger partial charge in [0.1, 0.15) is 13.2 Å².